The number of hydrogen-bond acceptors (Lipinski definition) is 5. The summed E-state index contributed by atoms with van der Waals surface area (Å²) < 4.78 is 22.9. The van der Waals surface area contributed by atoms with Gasteiger partial charge in [-0.25, -0.2) is 8.42 Å². The third kappa shape index (κ3) is 4.01. The molecule has 2 rings (SSSR count). The van der Waals surface area contributed by atoms with Crippen LogP contribution in [0.4, 0.5) is 0 Å². The van der Waals surface area contributed by atoms with Crippen molar-refractivity contribution in [1.29, 1.82) is 0 Å². The maximum Gasteiger partial charge on any atom is 0.237 e. The minimum Gasteiger partial charge on any atom is -0.351 e. The SMILES string of the molecule is CC(C)(C(=O)NC1CCS(=O)(=O)C1)C(=O)N1CCN(C=O)CC1. The van der Waals surface area contributed by atoms with Crippen molar-refractivity contribution in [2.45, 2.75) is 26.3 Å². The molecule has 0 aliphatic carbocycles. The van der Waals surface area contributed by atoms with Crippen LogP contribution in [0.15, 0.2) is 0 Å². The molecule has 2 fully saturated rings. The Bertz CT molecular complexity index is 594. The third-order valence-corrected chi connectivity index (χ3v) is 6.19. The lowest BCUT2D eigenvalue weighted by Crippen LogP contribution is -2.56. The van der Waals surface area contributed by atoms with Crippen LogP contribution in [0, 0.1) is 5.41 Å². The van der Waals surface area contributed by atoms with Gasteiger partial charge in [-0.1, -0.05) is 0 Å². The molecule has 2 heterocycles. The van der Waals surface area contributed by atoms with E-state index in [1.807, 2.05) is 0 Å². The van der Waals surface area contributed by atoms with E-state index in [9.17, 15) is 22.8 Å². The Morgan fingerprint density at radius 2 is 1.78 bits per heavy atom. The van der Waals surface area contributed by atoms with Crippen LogP contribution in [0.25, 0.3) is 0 Å². The van der Waals surface area contributed by atoms with E-state index in [0.29, 0.717) is 32.6 Å². The smallest absolute Gasteiger partial charge is 0.237 e. The maximum atomic E-state index is 12.6. The molecule has 1 unspecified atom stereocenters. The predicted octanol–water partition coefficient (Wildman–Crippen LogP) is -1.38. The molecule has 0 bridgehead atoms. The largest absolute Gasteiger partial charge is 0.351 e. The summed E-state index contributed by atoms with van der Waals surface area (Å²) >= 11 is 0. The van der Waals surface area contributed by atoms with E-state index in [1.54, 1.807) is 23.6 Å². The van der Waals surface area contributed by atoms with E-state index >= 15 is 0 Å². The molecule has 0 saturated carbocycles. The third-order valence-electron chi connectivity index (χ3n) is 4.42. The highest BCUT2D eigenvalue weighted by Gasteiger charge is 2.41. The maximum absolute atomic E-state index is 12.6. The average molecular weight is 345 g/mol. The van der Waals surface area contributed by atoms with Gasteiger partial charge in [0.15, 0.2) is 9.84 Å². The number of rotatable bonds is 4. The fourth-order valence-electron chi connectivity index (χ4n) is 2.80. The summed E-state index contributed by atoms with van der Waals surface area (Å²) in [5.74, 6) is -0.759. The molecule has 3 amide bonds. The van der Waals surface area contributed by atoms with Gasteiger partial charge in [-0.3, -0.25) is 14.4 Å². The molecule has 8 nitrogen and oxygen atoms in total. The number of sulfone groups is 1. The lowest BCUT2D eigenvalue weighted by Gasteiger charge is -2.37. The van der Waals surface area contributed by atoms with Crippen molar-refractivity contribution in [3.8, 4) is 0 Å². The molecular weight excluding hydrogens is 322 g/mol. The van der Waals surface area contributed by atoms with E-state index in [2.05, 4.69) is 5.32 Å². The molecule has 2 aliphatic heterocycles. The van der Waals surface area contributed by atoms with Gasteiger partial charge in [0.05, 0.1) is 11.5 Å². The first-order valence-corrected chi connectivity index (χ1v) is 9.48. The summed E-state index contributed by atoms with van der Waals surface area (Å²) in [6, 6.07) is -0.425. The molecule has 1 atom stereocenters. The van der Waals surface area contributed by atoms with Crippen LogP contribution < -0.4 is 5.32 Å². The number of nitrogens with zero attached hydrogens (tertiary/aromatic N) is 2. The fourth-order valence-corrected chi connectivity index (χ4v) is 4.47. The second kappa shape index (κ2) is 6.46. The number of nitrogens with one attached hydrogen (secondary N) is 1. The molecule has 0 aromatic carbocycles. The highest BCUT2D eigenvalue weighted by molar-refractivity contribution is 7.91. The van der Waals surface area contributed by atoms with Gasteiger partial charge >= 0.3 is 0 Å². The zero-order valence-corrected chi connectivity index (χ0v) is 14.3. The highest BCUT2D eigenvalue weighted by Crippen LogP contribution is 2.22. The van der Waals surface area contributed by atoms with E-state index in [1.165, 1.54) is 0 Å². The summed E-state index contributed by atoms with van der Waals surface area (Å²) in [7, 11) is -3.09. The monoisotopic (exact) mass is 345 g/mol. The average Bonchev–Trinajstić information content (AvgIpc) is 2.85. The Hall–Kier alpha value is -1.64. The highest BCUT2D eigenvalue weighted by atomic mass is 32.2. The van der Waals surface area contributed by atoms with Gasteiger partial charge in [-0.05, 0) is 20.3 Å². The molecule has 130 valence electrons. The molecule has 0 aromatic heterocycles. The van der Waals surface area contributed by atoms with Crippen LogP contribution in [0.2, 0.25) is 0 Å². The molecule has 0 radical (unpaired) electrons. The molecule has 0 aromatic rings. The number of hydrogen-bond donors (Lipinski definition) is 1. The Labute approximate surface area is 136 Å². The summed E-state index contributed by atoms with van der Waals surface area (Å²) in [5.41, 5.74) is -1.27. The molecule has 23 heavy (non-hydrogen) atoms. The summed E-state index contributed by atoms with van der Waals surface area (Å²) in [4.78, 5) is 38.9. The Balaban J connectivity index is 1.95. The van der Waals surface area contributed by atoms with E-state index in [-0.39, 0.29) is 17.4 Å². The zero-order valence-electron chi connectivity index (χ0n) is 13.4. The molecule has 2 saturated heterocycles. The zero-order chi connectivity index (χ0) is 17.3. The van der Waals surface area contributed by atoms with Crippen molar-refractivity contribution >= 4 is 28.1 Å². The molecule has 2 aliphatic rings. The standard InChI is InChI=1S/C14H23N3O5S/c1-14(2,12(19)15-11-3-8-23(21,22)9-11)13(20)17-6-4-16(10-18)5-7-17/h10-11H,3-9H2,1-2H3,(H,15,19). The van der Waals surface area contributed by atoms with Crippen LogP contribution in [-0.2, 0) is 24.2 Å². The Kier molecular flexibility index (Phi) is 4.98. The van der Waals surface area contributed by atoms with Gasteiger partial charge in [0.25, 0.3) is 0 Å². The molecule has 0 spiro atoms. The van der Waals surface area contributed by atoms with Crippen molar-refractivity contribution in [2.24, 2.45) is 5.41 Å². The van der Waals surface area contributed by atoms with Crippen LogP contribution in [-0.4, -0.2) is 80.2 Å². The van der Waals surface area contributed by atoms with Crippen LogP contribution in [0.1, 0.15) is 20.3 Å². The van der Waals surface area contributed by atoms with Gasteiger partial charge in [0.1, 0.15) is 5.41 Å². The first kappa shape index (κ1) is 17.7. The summed E-state index contributed by atoms with van der Waals surface area (Å²) in [6.45, 7) is 4.78. The van der Waals surface area contributed by atoms with Gasteiger partial charge in [0.2, 0.25) is 18.2 Å². The minimum atomic E-state index is -3.09. The Morgan fingerprint density at radius 3 is 2.26 bits per heavy atom. The minimum absolute atomic E-state index is 0.0684. The van der Waals surface area contributed by atoms with Crippen molar-refractivity contribution < 1.29 is 22.8 Å². The van der Waals surface area contributed by atoms with Gasteiger partial charge in [-0.2, -0.15) is 0 Å². The van der Waals surface area contributed by atoms with E-state index in [4.69, 9.17) is 0 Å². The first-order valence-electron chi connectivity index (χ1n) is 7.66. The van der Waals surface area contributed by atoms with Gasteiger partial charge in [-0.15, -0.1) is 0 Å². The molecule has 1 N–H and O–H groups in total. The van der Waals surface area contributed by atoms with Crippen molar-refractivity contribution in [2.75, 3.05) is 37.7 Å². The summed E-state index contributed by atoms with van der Waals surface area (Å²) in [6.07, 6.45) is 1.14. The molecule has 9 heteroatoms. The summed E-state index contributed by atoms with van der Waals surface area (Å²) in [5, 5.41) is 2.68. The lowest BCUT2D eigenvalue weighted by atomic mass is 9.89. The quantitative estimate of drug-likeness (QED) is 0.499. The first-order chi connectivity index (χ1) is 10.7. The number of amides is 3. The number of carbonyl (C=O) groups excluding carboxylic acids is 3. The normalized spacial score (nSPS) is 24.3. The predicted molar refractivity (Wildman–Crippen MR) is 83.2 cm³/mol. The fraction of sp³-hybridized carbons (Fsp3) is 0.786. The van der Waals surface area contributed by atoms with Crippen LogP contribution in [0.3, 0.4) is 0 Å². The second-order valence-corrected chi connectivity index (χ2v) is 8.86. The van der Waals surface area contributed by atoms with Crippen LogP contribution >= 0.6 is 0 Å². The second-order valence-electron chi connectivity index (χ2n) is 6.63. The van der Waals surface area contributed by atoms with Crippen molar-refractivity contribution in [3.05, 3.63) is 0 Å². The lowest BCUT2D eigenvalue weighted by molar-refractivity contribution is -0.150. The number of carbonyl (C=O) groups is 3. The van der Waals surface area contributed by atoms with Gasteiger partial charge < -0.3 is 15.1 Å². The molecular formula is C14H23N3O5S. The van der Waals surface area contributed by atoms with Crippen molar-refractivity contribution in [3.63, 3.8) is 0 Å². The van der Waals surface area contributed by atoms with Crippen molar-refractivity contribution in [1.82, 2.24) is 15.1 Å². The van der Waals surface area contributed by atoms with Gasteiger partial charge in [0, 0.05) is 32.2 Å². The number of piperazine rings is 1. The van der Waals surface area contributed by atoms with E-state index in [0.717, 1.165) is 6.41 Å². The Morgan fingerprint density at radius 1 is 1.17 bits per heavy atom. The topological polar surface area (TPSA) is 104 Å². The van der Waals surface area contributed by atoms with E-state index < -0.39 is 27.2 Å². The van der Waals surface area contributed by atoms with Crippen LogP contribution in [0.5, 0.6) is 0 Å².